The molecule has 2 atom stereocenters. The molecule has 0 aromatic heterocycles. The standard InChI is InChI=1S/C17H36NO5P/c1-2-3-4-5-6-7-8-9-10-11-12-13-14-17(19)16(18)15-23-24(20,21)22/h13-14,16-17,19H,2-12,15,18H2,1H3,(H2,20,21,22)/b14-13-/t16-,17+/m0/s1. The number of phosphoric ester groups is 1. The number of hydrogen-bond acceptors (Lipinski definition) is 4. The predicted molar refractivity (Wildman–Crippen MR) is 97.6 cm³/mol. The maximum absolute atomic E-state index is 10.5. The highest BCUT2D eigenvalue weighted by atomic mass is 31.2. The van der Waals surface area contributed by atoms with Gasteiger partial charge in [0.05, 0.1) is 18.8 Å². The smallest absolute Gasteiger partial charge is 0.387 e. The topological polar surface area (TPSA) is 113 Å². The Balaban J connectivity index is 3.49. The first kappa shape index (κ1) is 23.8. The average Bonchev–Trinajstić information content (AvgIpc) is 2.52. The zero-order valence-corrected chi connectivity index (χ0v) is 15.9. The van der Waals surface area contributed by atoms with Gasteiger partial charge < -0.3 is 20.6 Å². The van der Waals surface area contributed by atoms with Gasteiger partial charge in [-0.3, -0.25) is 4.52 Å². The van der Waals surface area contributed by atoms with E-state index in [2.05, 4.69) is 11.4 Å². The number of rotatable bonds is 16. The fourth-order valence-corrected chi connectivity index (χ4v) is 2.78. The van der Waals surface area contributed by atoms with Crippen molar-refractivity contribution in [2.45, 2.75) is 89.7 Å². The minimum Gasteiger partial charge on any atom is -0.387 e. The van der Waals surface area contributed by atoms with E-state index in [4.69, 9.17) is 15.5 Å². The van der Waals surface area contributed by atoms with E-state index in [1.807, 2.05) is 6.08 Å². The number of aliphatic hydroxyl groups excluding tert-OH is 1. The van der Waals surface area contributed by atoms with Crippen molar-refractivity contribution in [1.82, 2.24) is 0 Å². The van der Waals surface area contributed by atoms with Crippen molar-refractivity contribution in [2.75, 3.05) is 6.61 Å². The first-order valence-electron chi connectivity index (χ1n) is 9.17. The number of aliphatic hydroxyl groups is 1. The van der Waals surface area contributed by atoms with Crippen LogP contribution in [-0.4, -0.2) is 33.6 Å². The van der Waals surface area contributed by atoms with Crippen LogP contribution >= 0.6 is 7.82 Å². The molecule has 0 aliphatic carbocycles. The number of hydrogen-bond donors (Lipinski definition) is 4. The lowest BCUT2D eigenvalue weighted by Crippen LogP contribution is -2.37. The number of allylic oxidation sites excluding steroid dienone is 1. The van der Waals surface area contributed by atoms with Gasteiger partial charge in [-0.05, 0) is 12.8 Å². The van der Waals surface area contributed by atoms with Crippen LogP contribution in [0.25, 0.3) is 0 Å². The van der Waals surface area contributed by atoms with Crippen molar-refractivity contribution < 1.29 is 24.0 Å². The normalized spacial score (nSPS) is 15.0. The Hall–Kier alpha value is -0.230. The Bertz CT molecular complexity index is 359. The Morgan fingerprint density at radius 1 is 1.00 bits per heavy atom. The predicted octanol–water partition coefficient (Wildman–Crippen LogP) is 3.65. The van der Waals surface area contributed by atoms with Gasteiger partial charge in [0.2, 0.25) is 0 Å². The molecule has 0 rings (SSSR count). The van der Waals surface area contributed by atoms with Crippen molar-refractivity contribution in [1.29, 1.82) is 0 Å². The van der Waals surface area contributed by atoms with Crippen LogP contribution in [0.4, 0.5) is 0 Å². The molecule has 0 aromatic carbocycles. The molecule has 144 valence electrons. The summed E-state index contributed by atoms with van der Waals surface area (Å²) in [6.45, 7) is 1.85. The second-order valence-electron chi connectivity index (χ2n) is 6.34. The van der Waals surface area contributed by atoms with Gasteiger partial charge in [-0.25, -0.2) is 4.57 Å². The van der Waals surface area contributed by atoms with Crippen molar-refractivity contribution >= 4 is 7.82 Å². The highest BCUT2D eigenvalue weighted by Gasteiger charge is 2.19. The summed E-state index contributed by atoms with van der Waals surface area (Å²) < 4.78 is 14.8. The minimum absolute atomic E-state index is 0.381. The zero-order valence-electron chi connectivity index (χ0n) is 15.0. The van der Waals surface area contributed by atoms with Crippen LogP contribution in [0.2, 0.25) is 0 Å². The molecule has 0 saturated heterocycles. The van der Waals surface area contributed by atoms with Crippen LogP contribution in [-0.2, 0) is 9.09 Å². The summed E-state index contributed by atoms with van der Waals surface area (Å²) in [7, 11) is -4.53. The Morgan fingerprint density at radius 2 is 1.50 bits per heavy atom. The van der Waals surface area contributed by atoms with E-state index < -0.39 is 20.0 Å². The molecule has 5 N–H and O–H groups in total. The van der Waals surface area contributed by atoms with E-state index in [0.29, 0.717) is 0 Å². The van der Waals surface area contributed by atoms with Crippen molar-refractivity contribution in [3.05, 3.63) is 12.2 Å². The first-order chi connectivity index (χ1) is 11.4. The monoisotopic (exact) mass is 365 g/mol. The zero-order chi connectivity index (χ0) is 18.3. The molecule has 0 aliphatic heterocycles. The van der Waals surface area contributed by atoms with Crippen LogP contribution in [0, 0.1) is 0 Å². The van der Waals surface area contributed by atoms with Gasteiger partial charge in [0, 0.05) is 0 Å². The van der Waals surface area contributed by atoms with Gasteiger partial charge in [-0.15, -0.1) is 0 Å². The highest BCUT2D eigenvalue weighted by molar-refractivity contribution is 7.46. The quantitative estimate of drug-likeness (QED) is 0.189. The molecule has 0 aliphatic rings. The van der Waals surface area contributed by atoms with Crippen molar-refractivity contribution in [3.8, 4) is 0 Å². The Kier molecular flexibility index (Phi) is 14.9. The molecule has 0 amide bonds. The molecule has 0 fully saturated rings. The van der Waals surface area contributed by atoms with Crippen molar-refractivity contribution in [3.63, 3.8) is 0 Å². The molecule has 6 nitrogen and oxygen atoms in total. The SMILES string of the molecule is CCCCCCCCCCCC/C=C\[C@@H](O)[C@@H](N)COP(=O)(O)O. The van der Waals surface area contributed by atoms with E-state index in [1.54, 1.807) is 6.08 Å². The molecule has 7 heteroatoms. The van der Waals surface area contributed by atoms with Crippen LogP contribution in [0.15, 0.2) is 12.2 Å². The van der Waals surface area contributed by atoms with Gasteiger partial charge in [0.15, 0.2) is 0 Å². The lowest BCUT2D eigenvalue weighted by atomic mass is 10.1. The summed E-state index contributed by atoms with van der Waals surface area (Å²) in [4.78, 5) is 17.1. The summed E-state index contributed by atoms with van der Waals surface area (Å²) in [5, 5.41) is 9.73. The minimum atomic E-state index is -4.53. The summed E-state index contributed by atoms with van der Waals surface area (Å²) in [6, 6.07) is -0.846. The number of unbranched alkanes of at least 4 members (excludes halogenated alkanes) is 10. The molecule has 0 unspecified atom stereocenters. The van der Waals surface area contributed by atoms with E-state index in [0.717, 1.165) is 12.8 Å². The van der Waals surface area contributed by atoms with Crippen molar-refractivity contribution in [2.24, 2.45) is 5.73 Å². The van der Waals surface area contributed by atoms with Gasteiger partial charge in [0.1, 0.15) is 0 Å². The second kappa shape index (κ2) is 15.1. The molecular formula is C17H36NO5P. The lowest BCUT2D eigenvalue weighted by Gasteiger charge is -2.15. The molecule has 0 spiro atoms. The van der Waals surface area contributed by atoms with E-state index in [-0.39, 0.29) is 6.61 Å². The Labute approximate surface area is 146 Å². The van der Waals surface area contributed by atoms with E-state index >= 15 is 0 Å². The lowest BCUT2D eigenvalue weighted by molar-refractivity contribution is 0.129. The third kappa shape index (κ3) is 16.6. The van der Waals surface area contributed by atoms with Crippen LogP contribution in [0.5, 0.6) is 0 Å². The molecule has 0 heterocycles. The number of phosphoric acid groups is 1. The average molecular weight is 365 g/mol. The van der Waals surface area contributed by atoms with Gasteiger partial charge in [-0.2, -0.15) is 0 Å². The largest absolute Gasteiger partial charge is 0.469 e. The third-order valence-corrected chi connectivity index (χ3v) is 4.42. The maximum atomic E-state index is 10.5. The molecule has 0 aromatic rings. The molecular weight excluding hydrogens is 329 g/mol. The van der Waals surface area contributed by atoms with Crippen LogP contribution in [0.1, 0.15) is 77.6 Å². The van der Waals surface area contributed by atoms with E-state index in [9.17, 15) is 9.67 Å². The first-order valence-corrected chi connectivity index (χ1v) is 10.7. The summed E-state index contributed by atoms with van der Waals surface area (Å²) in [5.74, 6) is 0. The molecule has 24 heavy (non-hydrogen) atoms. The fraction of sp³-hybridized carbons (Fsp3) is 0.882. The number of nitrogens with two attached hydrogens (primary N) is 1. The molecule has 0 radical (unpaired) electrons. The highest BCUT2D eigenvalue weighted by Crippen LogP contribution is 2.35. The molecule has 0 saturated carbocycles. The Morgan fingerprint density at radius 3 is 2.00 bits per heavy atom. The van der Waals surface area contributed by atoms with Crippen LogP contribution < -0.4 is 5.73 Å². The maximum Gasteiger partial charge on any atom is 0.469 e. The van der Waals surface area contributed by atoms with E-state index in [1.165, 1.54) is 57.8 Å². The van der Waals surface area contributed by atoms with Crippen LogP contribution in [0.3, 0.4) is 0 Å². The summed E-state index contributed by atoms with van der Waals surface area (Å²) in [5.41, 5.74) is 5.59. The summed E-state index contributed by atoms with van der Waals surface area (Å²) >= 11 is 0. The summed E-state index contributed by atoms with van der Waals surface area (Å²) in [6.07, 6.45) is 16.2. The fourth-order valence-electron chi connectivity index (χ4n) is 2.41. The third-order valence-electron chi connectivity index (χ3n) is 3.93. The van der Waals surface area contributed by atoms with Gasteiger partial charge in [0.25, 0.3) is 0 Å². The van der Waals surface area contributed by atoms with Gasteiger partial charge in [-0.1, -0.05) is 76.9 Å². The molecule has 0 bridgehead atoms. The van der Waals surface area contributed by atoms with Gasteiger partial charge >= 0.3 is 7.82 Å². The second-order valence-corrected chi connectivity index (χ2v) is 7.58.